The van der Waals surface area contributed by atoms with Crippen molar-refractivity contribution in [1.82, 2.24) is 0 Å². The van der Waals surface area contributed by atoms with Crippen LogP contribution in [0.3, 0.4) is 0 Å². The fraction of sp³-hybridized carbons (Fsp3) is 0.118. The molecule has 0 aliphatic heterocycles. The number of benzene rings is 3. The highest BCUT2D eigenvalue weighted by Gasteiger charge is 2.15. The number of carboxylic acids is 1. The first-order valence-corrected chi connectivity index (χ1v) is 6.60. The summed E-state index contributed by atoms with van der Waals surface area (Å²) in [7, 11) is 2.99. The Morgan fingerprint density at radius 1 is 0.955 bits per heavy atom. The zero-order valence-electron chi connectivity index (χ0n) is 12.1. The van der Waals surface area contributed by atoms with E-state index in [1.165, 1.54) is 7.11 Å². The zero-order chi connectivity index (χ0) is 15.9. The van der Waals surface area contributed by atoms with E-state index in [2.05, 4.69) is 0 Å². The molecule has 3 aromatic rings. The van der Waals surface area contributed by atoms with Crippen LogP contribution in [0.4, 0.5) is 0 Å². The second-order valence-corrected chi connectivity index (χ2v) is 4.89. The lowest BCUT2D eigenvalue weighted by Crippen LogP contribution is -1.98. The van der Waals surface area contributed by atoms with Crippen molar-refractivity contribution in [2.45, 2.75) is 0 Å². The Hall–Kier alpha value is -2.95. The number of phenols is 1. The van der Waals surface area contributed by atoms with Crippen LogP contribution in [0.1, 0.15) is 10.4 Å². The van der Waals surface area contributed by atoms with Crippen LogP contribution in [0.15, 0.2) is 36.4 Å². The third-order valence-electron chi connectivity index (χ3n) is 3.69. The van der Waals surface area contributed by atoms with E-state index in [-0.39, 0.29) is 11.3 Å². The minimum absolute atomic E-state index is 0.00203. The van der Waals surface area contributed by atoms with Gasteiger partial charge >= 0.3 is 5.97 Å². The van der Waals surface area contributed by atoms with Gasteiger partial charge in [-0.1, -0.05) is 0 Å². The van der Waals surface area contributed by atoms with Crippen molar-refractivity contribution in [3.63, 3.8) is 0 Å². The smallest absolute Gasteiger partial charge is 0.336 e. The number of aromatic hydroxyl groups is 1. The van der Waals surface area contributed by atoms with Crippen molar-refractivity contribution >= 4 is 27.5 Å². The molecule has 0 spiro atoms. The van der Waals surface area contributed by atoms with Crippen LogP contribution in [0, 0.1) is 0 Å². The van der Waals surface area contributed by atoms with Crippen LogP contribution in [0.2, 0.25) is 0 Å². The van der Waals surface area contributed by atoms with E-state index >= 15 is 0 Å². The van der Waals surface area contributed by atoms with Gasteiger partial charge in [0.25, 0.3) is 0 Å². The Balaban J connectivity index is 2.50. The third kappa shape index (κ3) is 2.07. The summed E-state index contributed by atoms with van der Waals surface area (Å²) >= 11 is 0. The average molecular weight is 298 g/mol. The Bertz CT molecular complexity index is 899. The number of carboxylic acid groups (broad SMARTS) is 1. The minimum Gasteiger partial charge on any atom is -0.504 e. The number of hydrogen-bond acceptors (Lipinski definition) is 4. The van der Waals surface area contributed by atoms with Crippen LogP contribution in [-0.2, 0) is 0 Å². The SMILES string of the molecule is COc1ccc2c(C(=O)O)cc3cc(OC)c(O)cc3c2c1. The van der Waals surface area contributed by atoms with Gasteiger partial charge in [0.2, 0.25) is 0 Å². The highest BCUT2D eigenvalue weighted by molar-refractivity contribution is 6.16. The van der Waals surface area contributed by atoms with Crippen LogP contribution < -0.4 is 9.47 Å². The number of fused-ring (bicyclic) bond motifs is 3. The van der Waals surface area contributed by atoms with Crippen molar-refractivity contribution in [3.8, 4) is 17.2 Å². The summed E-state index contributed by atoms with van der Waals surface area (Å²) in [4.78, 5) is 11.5. The lowest BCUT2D eigenvalue weighted by molar-refractivity contribution is 0.0699. The number of hydrogen-bond donors (Lipinski definition) is 2. The lowest BCUT2D eigenvalue weighted by Gasteiger charge is -2.11. The van der Waals surface area contributed by atoms with Crippen molar-refractivity contribution in [1.29, 1.82) is 0 Å². The van der Waals surface area contributed by atoms with Gasteiger partial charge in [-0.05, 0) is 57.9 Å². The van der Waals surface area contributed by atoms with E-state index < -0.39 is 5.97 Å². The average Bonchev–Trinajstić information content (AvgIpc) is 2.53. The normalized spacial score (nSPS) is 10.8. The van der Waals surface area contributed by atoms with Crippen LogP contribution in [0.5, 0.6) is 17.2 Å². The van der Waals surface area contributed by atoms with Crippen molar-refractivity contribution in [3.05, 3.63) is 42.0 Å². The summed E-state index contributed by atoms with van der Waals surface area (Å²) in [6.45, 7) is 0. The summed E-state index contributed by atoms with van der Waals surface area (Å²) in [5.74, 6) is -0.0935. The molecule has 22 heavy (non-hydrogen) atoms. The molecule has 0 saturated heterocycles. The van der Waals surface area contributed by atoms with E-state index in [9.17, 15) is 15.0 Å². The van der Waals surface area contributed by atoms with Gasteiger partial charge in [0.15, 0.2) is 11.5 Å². The van der Waals surface area contributed by atoms with E-state index in [1.807, 2.05) is 0 Å². The molecule has 0 fully saturated rings. The molecule has 0 aromatic heterocycles. The third-order valence-corrected chi connectivity index (χ3v) is 3.69. The topological polar surface area (TPSA) is 76.0 Å². The van der Waals surface area contributed by atoms with E-state index in [4.69, 9.17) is 9.47 Å². The molecular weight excluding hydrogens is 284 g/mol. The quantitative estimate of drug-likeness (QED) is 0.725. The van der Waals surface area contributed by atoms with Gasteiger partial charge in [0.05, 0.1) is 19.8 Å². The number of rotatable bonds is 3. The molecule has 2 N–H and O–H groups in total. The first kappa shape index (κ1) is 14.0. The summed E-state index contributed by atoms with van der Waals surface area (Å²) in [6.07, 6.45) is 0. The van der Waals surface area contributed by atoms with Gasteiger partial charge in [0.1, 0.15) is 5.75 Å². The summed E-state index contributed by atoms with van der Waals surface area (Å²) in [6, 6.07) is 9.95. The number of aromatic carboxylic acids is 1. The summed E-state index contributed by atoms with van der Waals surface area (Å²) in [5.41, 5.74) is 0.192. The number of carbonyl (C=O) groups is 1. The van der Waals surface area contributed by atoms with Gasteiger partial charge in [-0.3, -0.25) is 0 Å². The minimum atomic E-state index is -1.01. The second-order valence-electron chi connectivity index (χ2n) is 4.89. The molecular formula is C17H14O5. The predicted molar refractivity (Wildman–Crippen MR) is 83.2 cm³/mol. The van der Waals surface area contributed by atoms with Crippen molar-refractivity contribution < 1.29 is 24.5 Å². The van der Waals surface area contributed by atoms with Crippen LogP contribution in [-0.4, -0.2) is 30.4 Å². The molecule has 5 nitrogen and oxygen atoms in total. The van der Waals surface area contributed by atoms with Crippen molar-refractivity contribution in [2.24, 2.45) is 0 Å². The van der Waals surface area contributed by atoms with E-state index in [1.54, 1.807) is 43.5 Å². The molecule has 0 aliphatic rings. The highest BCUT2D eigenvalue weighted by Crippen LogP contribution is 2.37. The molecule has 5 heteroatoms. The molecule has 0 bridgehead atoms. The molecule has 3 aromatic carbocycles. The Labute approximate surface area is 126 Å². The summed E-state index contributed by atoms with van der Waals surface area (Å²) in [5, 5.41) is 22.1. The Morgan fingerprint density at radius 3 is 2.36 bits per heavy atom. The molecule has 0 atom stereocenters. The number of phenolic OH excluding ortho intramolecular Hbond substituents is 1. The molecule has 0 radical (unpaired) electrons. The van der Waals surface area contributed by atoms with E-state index in [0.717, 1.165) is 5.39 Å². The van der Waals surface area contributed by atoms with Gasteiger partial charge in [-0.15, -0.1) is 0 Å². The number of ether oxygens (including phenoxy) is 2. The first-order valence-electron chi connectivity index (χ1n) is 6.60. The molecule has 112 valence electrons. The number of methoxy groups -OCH3 is 2. The van der Waals surface area contributed by atoms with Crippen molar-refractivity contribution in [2.75, 3.05) is 14.2 Å². The maximum Gasteiger partial charge on any atom is 0.336 e. The monoisotopic (exact) mass is 298 g/mol. The predicted octanol–water partition coefficient (Wildman–Crippen LogP) is 3.41. The molecule has 3 rings (SSSR count). The zero-order valence-corrected chi connectivity index (χ0v) is 12.1. The van der Waals surface area contributed by atoms with Crippen LogP contribution >= 0.6 is 0 Å². The maximum atomic E-state index is 11.5. The summed E-state index contributed by atoms with van der Waals surface area (Å²) < 4.78 is 10.3. The van der Waals surface area contributed by atoms with Crippen LogP contribution in [0.25, 0.3) is 21.5 Å². The molecule has 0 unspecified atom stereocenters. The standard InChI is InChI=1S/C17H14O5/c1-21-10-3-4-11-13(7-10)12-8-15(18)16(22-2)6-9(12)5-14(11)17(19)20/h3-8,18H,1-2H3,(H,19,20). The van der Waals surface area contributed by atoms with Gasteiger partial charge in [-0.25, -0.2) is 4.79 Å². The molecule has 0 heterocycles. The first-order chi connectivity index (χ1) is 10.5. The highest BCUT2D eigenvalue weighted by atomic mass is 16.5. The van der Waals surface area contributed by atoms with Gasteiger partial charge in [0, 0.05) is 0 Å². The Morgan fingerprint density at radius 2 is 1.73 bits per heavy atom. The van der Waals surface area contributed by atoms with Gasteiger partial charge in [-0.2, -0.15) is 0 Å². The fourth-order valence-electron chi connectivity index (χ4n) is 2.62. The van der Waals surface area contributed by atoms with Gasteiger partial charge < -0.3 is 19.7 Å². The molecule has 0 saturated carbocycles. The molecule has 0 amide bonds. The maximum absolute atomic E-state index is 11.5. The largest absolute Gasteiger partial charge is 0.504 e. The van der Waals surface area contributed by atoms with E-state index in [0.29, 0.717) is 27.7 Å². The lowest BCUT2D eigenvalue weighted by atomic mass is 9.96. The fourth-order valence-corrected chi connectivity index (χ4v) is 2.62. The molecule has 0 aliphatic carbocycles. The second kappa shape index (κ2) is 5.11. The Kier molecular flexibility index (Phi) is 3.25.